The molecule has 0 aliphatic heterocycles. The van der Waals surface area contributed by atoms with Gasteiger partial charge in [-0.15, -0.1) is 0 Å². The quantitative estimate of drug-likeness (QED) is 0.685. The number of sulfone groups is 1. The fourth-order valence-electron chi connectivity index (χ4n) is 1.90. The maximum atomic E-state index is 11.4. The van der Waals surface area contributed by atoms with Crippen molar-refractivity contribution in [3.05, 3.63) is 0 Å². The Labute approximate surface area is 107 Å². The van der Waals surface area contributed by atoms with E-state index in [-0.39, 0.29) is 11.2 Å². The maximum absolute atomic E-state index is 11.4. The summed E-state index contributed by atoms with van der Waals surface area (Å²) in [5, 5.41) is 3.48. The lowest BCUT2D eigenvalue weighted by molar-refractivity contribution is 0.254. The first kappa shape index (κ1) is 16.9. The zero-order valence-corrected chi connectivity index (χ0v) is 12.9. The van der Waals surface area contributed by atoms with E-state index in [4.69, 9.17) is 0 Å². The van der Waals surface area contributed by atoms with Gasteiger partial charge in [-0.1, -0.05) is 41.0 Å². The summed E-state index contributed by atoms with van der Waals surface area (Å²) in [6.45, 7) is 11.5. The average Bonchev–Trinajstić information content (AvgIpc) is 2.21. The van der Waals surface area contributed by atoms with Gasteiger partial charge in [-0.25, -0.2) is 8.42 Å². The van der Waals surface area contributed by atoms with Crippen molar-refractivity contribution >= 4 is 9.84 Å². The highest BCUT2D eigenvalue weighted by Gasteiger charge is 2.23. The van der Waals surface area contributed by atoms with Crippen molar-refractivity contribution in [3.63, 3.8) is 0 Å². The van der Waals surface area contributed by atoms with E-state index >= 15 is 0 Å². The van der Waals surface area contributed by atoms with Gasteiger partial charge in [0.05, 0.1) is 5.75 Å². The lowest BCUT2D eigenvalue weighted by Gasteiger charge is -2.31. The first-order chi connectivity index (χ1) is 7.73. The number of hydrogen-bond acceptors (Lipinski definition) is 3. The number of rotatable bonds is 8. The van der Waals surface area contributed by atoms with Crippen LogP contribution in [0.4, 0.5) is 0 Å². The number of nitrogens with one attached hydrogen (secondary N) is 1. The molecule has 1 atom stereocenters. The summed E-state index contributed by atoms with van der Waals surface area (Å²) in [5.41, 5.74) is 0.236. The van der Waals surface area contributed by atoms with Gasteiger partial charge in [0.1, 0.15) is 9.84 Å². The zero-order valence-electron chi connectivity index (χ0n) is 12.0. The molecule has 0 saturated heterocycles. The van der Waals surface area contributed by atoms with Crippen molar-refractivity contribution in [2.45, 2.75) is 59.9 Å². The van der Waals surface area contributed by atoms with Gasteiger partial charge in [-0.3, -0.25) is 0 Å². The van der Waals surface area contributed by atoms with Gasteiger partial charge in [0, 0.05) is 11.8 Å². The molecule has 0 aromatic carbocycles. The van der Waals surface area contributed by atoms with Crippen molar-refractivity contribution in [3.8, 4) is 0 Å². The second-order valence-corrected chi connectivity index (χ2v) is 8.18. The summed E-state index contributed by atoms with van der Waals surface area (Å²) in [5.74, 6) is 0.607. The van der Waals surface area contributed by atoms with E-state index < -0.39 is 9.84 Å². The van der Waals surface area contributed by atoms with E-state index in [1.165, 1.54) is 0 Å². The Morgan fingerprint density at radius 1 is 1.12 bits per heavy atom. The molecule has 0 bridgehead atoms. The molecule has 0 fully saturated rings. The van der Waals surface area contributed by atoms with Crippen molar-refractivity contribution in [1.82, 2.24) is 5.32 Å². The Morgan fingerprint density at radius 2 is 1.71 bits per heavy atom. The predicted octanol–water partition coefficient (Wildman–Crippen LogP) is 2.62. The molecule has 0 aromatic heterocycles. The molecule has 4 heteroatoms. The Morgan fingerprint density at radius 3 is 2.12 bits per heavy atom. The molecule has 0 aromatic rings. The van der Waals surface area contributed by atoms with Crippen LogP contribution in [0.3, 0.4) is 0 Å². The van der Waals surface area contributed by atoms with E-state index in [1.54, 1.807) is 6.92 Å². The Bertz CT molecular complexity index is 291. The Hall–Kier alpha value is -0.0900. The second-order valence-electron chi connectivity index (χ2n) is 5.71. The molecule has 0 rings (SSSR count). The van der Waals surface area contributed by atoms with Crippen LogP contribution in [0.5, 0.6) is 0 Å². The summed E-state index contributed by atoms with van der Waals surface area (Å²) in [6, 6.07) is 0.469. The van der Waals surface area contributed by atoms with Crippen LogP contribution in [0.1, 0.15) is 53.9 Å². The van der Waals surface area contributed by atoms with Crippen LogP contribution in [-0.2, 0) is 9.84 Å². The van der Waals surface area contributed by atoms with Crippen LogP contribution in [-0.4, -0.2) is 32.5 Å². The minimum absolute atomic E-state index is 0.236. The largest absolute Gasteiger partial charge is 0.314 e. The molecule has 1 unspecified atom stereocenters. The van der Waals surface area contributed by atoms with Crippen LogP contribution in [0.2, 0.25) is 0 Å². The Balaban J connectivity index is 4.00. The second kappa shape index (κ2) is 7.37. The highest BCUT2D eigenvalue weighted by molar-refractivity contribution is 7.91. The summed E-state index contributed by atoms with van der Waals surface area (Å²) in [4.78, 5) is 0. The average molecular weight is 263 g/mol. The predicted molar refractivity (Wildman–Crippen MR) is 75.1 cm³/mol. The molecular weight excluding hydrogens is 234 g/mol. The van der Waals surface area contributed by atoms with Gasteiger partial charge in [-0.2, -0.15) is 0 Å². The third-order valence-electron chi connectivity index (χ3n) is 3.13. The monoisotopic (exact) mass is 263 g/mol. The smallest absolute Gasteiger partial charge is 0.150 e. The maximum Gasteiger partial charge on any atom is 0.150 e. The molecule has 0 heterocycles. The van der Waals surface area contributed by atoms with Gasteiger partial charge in [0.25, 0.3) is 0 Å². The van der Waals surface area contributed by atoms with Gasteiger partial charge in [0.2, 0.25) is 0 Å². The summed E-state index contributed by atoms with van der Waals surface area (Å²) < 4.78 is 22.7. The zero-order chi connectivity index (χ0) is 13.5. The standard InChI is InChI=1S/C13H29NO2S/c1-6-14-12(13(3,4)5)10-8-9-11-17(15,16)7-2/h12,14H,6-11H2,1-5H3. The minimum Gasteiger partial charge on any atom is -0.314 e. The molecule has 0 aliphatic rings. The molecule has 0 radical (unpaired) electrons. The SMILES string of the molecule is CCNC(CCCCS(=O)(=O)CC)C(C)(C)C. The molecule has 0 amide bonds. The van der Waals surface area contributed by atoms with Gasteiger partial charge in [0.15, 0.2) is 0 Å². The molecule has 17 heavy (non-hydrogen) atoms. The molecule has 3 nitrogen and oxygen atoms in total. The fourth-order valence-corrected chi connectivity index (χ4v) is 2.84. The van der Waals surface area contributed by atoms with Gasteiger partial charge >= 0.3 is 0 Å². The molecular formula is C13H29NO2S. The lowest BCUT2D eigenvalue weighted by atomic mass is 9.84. The summed E-state index contributed by atoms with van der Waals surface area (Å²) in [7, 11) is -2.79. The van der Waals surface area contributed by atoms with E-state index in [2.05, 4.69) is 33.0 Å². The van der Waals surface area contributed by atoms with Crippen molar-refractivity contribution in [1.29, 1.82) is 0 Å². The molecule has 1 N–H and O–H groups in total. The summed E-state index contributed by atoms with van der Waals surface area (Å²) >= 11 is 0. The van der Waals surface area contributed by atoms with E-state index in [0.717, 1.165) is 25.8 Å². The molecule has 104 valence electrons. The van der Waals surface area contributed by atoms with E-state index in [1.807, 2.05) is 0 Å². The molecule has 0 spiro atoms. The highest BCUT2D eigenvalue weighted by atomic mass is 32.2. The normalized spacial score (nSPS) is 14.9. The lowest BCUT2D eigenvalue weighted by Crippen LogP contribution is -2.40. The van der Waals surface area contributed by atoms with E-state index in [9.17, 15) is 8.42 Å². The molecule has 0 aliphatic carbocycles. The fraction of sp³-hybridized carbons (Fsp3) is 1.00. The first-order valence-electron chi connectivity index (χ1n) is 6.66. The Kier molecular flexibility index (Phi) is 7.33. The summed E-state index contributed by atoms with van der Waals surface area (Å²) in [6.07, 6.45) is 2.82. The van der Waals surface area contributed by atoms with Crippen LogP contribution < -0.4 is 5.32 Å². The van der Waals surface area contributed by atoms with Crippen LogP contribution in [0.25, 0.3) is 0 Å². The van der Waals surface area contributed by atoms with Crippen molar-refractivity contribution in [2.24, 2.45) is 5.41 Å². The van der Waals surface area contributed by atoms with Gasteiger partial charge < -0.3 is 5.32 Å². The number of hydrogen-bond donors (Lipinski definition) is 1. The van der Waals surface area contributed by atoms with Gasteiger partial charge in [-0.05, 0) is 24.8 Å². The van der Waals surface area contributed by atoms with E-state index in [0.29, 0.717) is 11.8 Å². The molecule has 0 saturated carbocycles. The van der Waals surface area contributed by atoms with Crippen molar-refractivity contribution in [2.75, 3.05) is 18.1 Å². The third kappa shape index (κ3) is 7.77. The van der Waals surface area contributed by atoms with Crippen LogP contribution in [0.15, 0.2) is 0 Å². The highest BCUT2D eigenvalue weighted by Crippen LogP contribution is 2.23. The third-order valence-corrected chi connectivity index (χ3v) is 4.92. The minimum atomic E-state index is -2.79. The number of unbranched alkanes of at least 4 members (excludes halogenated alkanes) is 1. The van der Waals surface area contributed by atoms with Crippen LogP contribution >= 0.6 is 0 Å². The topological polar surface area (TPSA) is 46.2 Å². The van der Waals surface area contributed by atoms with Crippen LogP contribution in [0, 0.1) is 5.41 Å². The van der Waals surface area contributed by atoms with Crippen molar-refractivity contribution < 1.29 is 8.42 Å². The first-order valence-corrected chi connectivity index (χ1v) is 8.49.